The Labute approximate surface area is 96.1 Å². The molecule has 0 bridgehead atoms. The van der Waals surface area contributed by atoms with Crippen LogP contribution < -0.4 is 4.98 Å². The summed E-state index contributed by atoms with van der Waals surface area (Å²) in [5, 5.41) is 8.35. The zero-order valence-electron chi connectivity index (χ0n) is 7.50. The van der Waals surface area contributed by atoms with Crippen molar-refractivity contribution in [1.29, 1.82) is 0 Å². The number of carboxylic acid groups (broad SMARTS) is 1. The van der Waals surface area contributed by atoms with Gasteiger partial charge in [-0.3, -0.25) is 4.79 Å². The Bertz CT molecular complexity index is 283. The third-order valence-electron chi connectivity index (χ3n) is 1.53. The number of nitrogens with zero attached hydrogens (tertiary/aromatic N) is 2. The molecule has 0 radical (unpaired) electrons. The van der Waals surface area contributed by atoms with E-state index in [4.69, 9.17) is 5.11 Å². The Morgan fingerprint density at radius 2 is 2.43 bits per heavy atom. The zero-order chi connectivity index (χ0) is 9.52. The van der Waals surface area contributed by atoms with Crippen molar-refractivity contribution in [2.24, 2.45) is 0 Å². The van der Waals surface area contributed by atoms with E-state index in [0.29, 0.717) is 6.42 Å². The number of aliphatic carboxylic acids is 1. The first-order chi connectivity index (χ1) is 6.29. The second-order valence-electron chi connectivity index (χ2n) is 2.64. The van der Waals surface area contributed by atoms with Crippen molar-refractivity contribution in [2.45, 2.75) is 19.3 Å². The molecule has 0 fully saturated rings. The van der Waals surface area contributed by atoms with Crippen LogP contribution in [0.3, 0.4) is 0 Å². The molecule has 4 nitrogen and oxygen atoms in total. The predicted molar refractivity (Wildman–Crippen MR) is 48.1 cm³/mol. The average molecular weight is 286 g/mol. The molecule has 80 valence electrons. The molecule has 0 aliphatic heterocycles. The van der Waals surface area contributed by atoms with Crippen molar-refractivity contribution in [3.05, 3.63) is 24.3 Å². The number of unbranched alkanes of at least 4 members (excludes halogenated alkanes) is 1. The van der Waals surface area contributed by atoms with Crippen molar-refractivity contribution >= 4 is 12.0 Å². The predicted octanol–water partition coefficient (Wildman–Crippen LogP) is 1.30. The normalized spacial score (nSPS) is 10.0. The van der Waals surface area contributed by atoms with Gasteiger partial charge in [-0.05, 0) is 18.5 Å². The van der Waals surface area contributed by atoms with E-state index in [9.17, 15) is 4.79 Å². The quantitative estimate of drug-likeness (QED) is 0.654. The summed E-state index contributed by atoms with van der Waals surface area (Å²) in [6, 6.07) is 0. The van der Waals surface area contributed by atoms with Crippen molar-refractivity contribution in [3.8, 4) is 0 Å². The molecule has 5 heteroatoms. The Morgan fingerprint density at radius 1 is 1.64 bits per heavy atom. The van der Waals surface area contributed by atoms with Crippen molar-refractivity contribution in [2.75, 3.05) is 0 Å². The molecular weight excluding hydrogens is 275 g/mol. The Kier molecular flexibility index (Phi) is 6.99. The van der Waals surface area contributed by atoms with Gasteiger partial charge in [0.1, 0.15) is 0 Å². The molecular formula is C9H11N2O2Pd-. The topological polar surface area (TPSA) is 64.3 Å². The molecule has 1 N–H and O–H groups in total. The minimum Gasteiger partial charge on any atom is -0.481 e. The van der Waals surface area contributed by atoms with Crippen LogP contribution in [0.15, 0.2) is 18.6 Å². The summed E-state index contributed by atoms with van der Waals surface area (Å²) >= 11 is 0. The summed E-state index contributed by atoms with van der Waals surface area (Å²) in [4.78, 5) is 17.9. The van der Waals surface area contributed by atoms with E-state index in [1.165, 1.54) is 6.33 Å². The van der Waals surface area contributed by atoms with Gasteiger partial charge in [0.25, 0.3) is 0 Å². The maximum atomic E-state index is 10.1. The first-order valence-electron chi connectivity index (χ1n) is 4.10. The number of carboxylic acids is 1. The molecule has 0 amide bonds. The maximum Gasteiger partial charge on any atom is 0.303 e. The van der Waals surface area contributed by atoms with Crippen LogP contribution in [0.2, 0.25) is 0 Å². The van der Waals surface area contributed by atoms with E-state index in [1.807, 2.05) is 12.2 Å². The van der Waals surface area contributed by atoms with Crippen LogP contribution in [0.4, 0.5) is 0 Å². The molecule has 0 atom stereocenters. The van der Waals surface area contributed by atoms with Gasteiger partial charge in [-0.15, -0.1) is 0 Å². The van der Waals surface area contributed by atoms with E-state index in [0.717, 1.165) is 12.1 Å². The number of aromatic nitrogens is 2. The maximum absolute atomic E-state index is 10.1. The molecule has 14 heavy (non-hydrogen) atoms. The third kappa shape index (κ3) is 5.68. The molecule has 1 aromatic heterocycles. The molecule has 1 rings (SSSR count). The molecule has 1 heterocycles. The molecule has 0 saturated heterocycles. The van der Waals surface area contributed by atoms with Gasteiger partial charge in [0.05, 0.1) is 0 Å². The molecule has 1 aromatic rings. The minimum absolute atomic E-state index is 0. The van der Waals surface area contributed by atoms with Crippen LogP contribution in [0.5, 0.6) is 0 Å². The number of rotatable bonds is 5. The van der Waals surface area contributed by atoms with E-state index < -0.39 is 5.97 Å². The number of imidazole rings is 1. The Balaban J connectivity index is 0.00000169. The van der Waals surface area contributed by atoms with Gasteiger partial charge in [-0.25, -0.2) is 0 Å². The van der Waals surface area contributed by atoms with Crippen LogP contribution in [-0.2, 0) is 25.2 Å². The van der Waals surface area contributed by atoms with Gasteiger partial charge < -0.3 is 15.1 Å². The number of allylic oxidation sites excluding steroid dienone is 1. The standard InChI is InChI=1S/C9H12N2O2.Pd/c12-9(13)5-3-1-2-4-8-6-10-7-11-8;/h2,4,6-7H,1,3,5H2,(H2,10,11,12,13);/p-1/b4-2+;. The Morgan fingerprint density at radius 3 is 3.00 bits per heavy atom. The van der Waals surface area contributed by atoms with Gasteiger partial charge in [0.15, 0.2) is 0 Å². The van der Waals surface area contributed by atoms with Gasteiger partial charge >= 0.3 is 5.97 Å². The monoisotopic (exact) mass is 285 g/mol. The van der Waals surface area contributed by atoms with Gasteiger partial charge in [-0.2, -0.15) is 0 Å². The second kappa shape index (κ2) is 7.48. The number of carbonyl (C=O) groups is 1. The van der Waals surface area contributed by atoms with E-state index in [2.05, 4.69) is 9.97 Å². The molecule has 0 unspecified atom stereocenters. The second-order valence-corrected chi connectivity index (χ2v) is 2.64. The summed E-state index contributed by atoms with van der Waals surface area (Å²) in [6.07, 6.45) is 8.54. The number of hydrogen-bond donors (Lipinski definition) is 1. The fourth-order valence-corrected chi connectivity index (χ4v) is 0.904. The van der Waals surface area contributed by atoms with Crippen molar-refractivity contribution in [3.63, 3.8) is 0 Å². The van der Waals surface area contributed by atoms with E-state index in [-0.39, 0.29) is 26.8 Å². The molecule has 0 aliphatic carbocycles. The molecule has 0 saturated carbocycles. The first kappa shape index (κ1) is 13.1. The van der Waals surface area contributed by atoms with Crippen LogP contribution in [0, 0.1) is 0 Å². The minimum atomic E-state index is -0.749. The fourth-order valence-electron chi connectivity index (χ4n) is 0.904. The van der Waals surface area contributed by atoms with Gasteiger partial charge in [-0.1, -0.05) is 24.7 Å². The Hall–Kier alpha value is -0.918. The summed E-state index contributed by atoms with van der Waals surface area (Å²) in [7, 11) is 0. The fraction of sp³-hybridized carbons (Fsp3) is 0.333. The largest absolute Gasteiger partial charge is 0.481 e. The van der Waals surface area contributed by atoms with Gasteiger partial charge in [0.2, 0.25) is 0 Å². The van der Waals surface area contributed by atoms with Crippen LogP contribution in [0.1, 0.15) is 25.0 Å². The zero-order valence-corrected chi connectivity index (χ0v) is 9.05. The van der Waals surface area contributed by atoms with Crippen LogP contribution in [0.25, 0.3) is 6.08 Å². The van der Waals surface area contributed by atoms with Gasteiger partial charge in [0, 0.05) is 26.8 Å². The van der Waals surface area contributed by atoms with E-state index in [1.54, 1.807) is 6.20 Å². The smallest absolute Gasteiger partial charge is 0.303 e. The van der Waals surface area contributed by atoms with Crippen LogP contribution in [-0.4, -0.2) is 16.1 Å². The summed E-state index contributed by atoms with van der Waals surface area (Å²) < 4.78 is 0. The molecule has 0 aliphatic rings. The number of hydrogen-bond acceptors (Lipinski definition) is 2. The summed E-state index contributed by atoms with van der Waals surface area (Å²) in [5.74, 6) is -0.749. The average Bonchev–Trinajstić information content (AvgIpc) is 2.55. The summed E-state index contributed by atoms with van der Waals surface area (Å²) in [5.41, 5.74) is 0.815. The first-order valence-corrected chi connectivity index (χ1v) is 4.10. The molecule has 0 aromatic carbocycles. The van der Waals surface area contributed by atoms with E-state index >= 15 is 0 Å². The summed E-state index contributed by atoms with van der Waals surface area (Å²) in [6.45, 7) is 0. The van der Waals surface area contributed by atoms with Crippen molar-refractivity contribution in [1.82, 2.24) is 9.97 Å². The van der Waals surface area contributed by atoms with Crippen LogP contribution >= 0.6 is 0 Å². The SMILES string of the molecule is O=C(O)CCC/C=C/c1c[n-]cn1.[Pd]. The molecule has 0 spiro atoms. The van der Waals surface area contributed by atoms with Crippen molar-refractivity contribution < 1.29 is 30.3 Å². The third-order valence-corrected chi connectivity index (χ3v) is 1.53.